The fourth-order valence-corrected chi connectivity index (χ4v) is 1.66. The molecule has 0 aliphatic rings. The van der Waals surface area contributed by atoms with Crippen LogP contribution >= 0.6 is 0 Å². The second kappa shape index (κ2) is 3.66. The SMILES string of the molecule is CC[n+]1cccc2cc(OC)ccc21. The van der Waals surface area contributed by atoms with Gasteiger partial charge in [0, 0.05) is 12.1 Å². The minimum Gasteiger partial charge on any atom is -0.497 e. The molecule has 1 aromatic heterocycles. The standard InChI is InChI=1S/C12H14NO/c1-3-13-8-4-5-10-9-11(14-2)6-7-12(10)13/h4-9H,3H2,1-2H3/q+1. The molecular formula is C12H14NO+. The molecule has 0 spiro atoms. The van der Waals surface area contributed by atoms with E-state index in [4.69, 9.17) is 4.74 Å². The molecule has 0 N–H and O–H groups in total. The largest absolute Gasteiger partial charge is 0.497 e. The predicted octanol–water partition coefficient (Wildman–Crippen LogP) is 2.16. The van der Waals surface area contributed by atoms with E-state index in [1.807, 2.05) is 6.07 Å². The first kappa shape index (κ1) is 9.00. The van der Waals surface area contributed by atoms with Crippen molar-refractivity contribution >= 4 is 10.9 Å². The zero-order valence-electron chi connectivity index (χ0n) is 8.53. The number of aryl methyl sites for hydroxylation is 1. The third-order valence-electron chi connectivity index (χ3n) is 2.43. The van der Waals surface area contributed by atoms with Crippen molar-refractivity contribution < 1.29 is 9.30 Å². The Labute approximate surface area is 83.8 Å². The highest BCUT2D eigenvalue weighted by Crippen LogP contribution is 2.17. The van der Waals surface area contributed by atoms with Crippen molar-refractivity contribution in [1.29, 1.82) is 0 Å². The van der Waals surface area contributed by atoms with Gasteiger partial charge in [-0.2, -0.15) is 4.57 Å². The molecule has 1 aromatic carbocycles. The smallest absolute Gasteiger partial charge is 0.212 e. The van der Waals surface area contributed by atoms with Gasteiger partial charge in [-0.05, 0) is 25.1 Å². The molecule has 2 aromatic rings. The van der Waals surface area contributed by atoms with Crippen LogP contribution < -0.4 is 9.30 Å². The third-order valence-corrected chi connectivity index (χ3v) is 2.43. The van der Waals surface area contributed by atoms with Crippen LogP contribution in [-0.2, 0) is 6.54 Å². The molecule has 0 aliphatic carbocycles. The second-order valence-electron chi connectivity index (χ2n) is 3.22. The molecule has 0 unspecified atom stereocenters. The van der Waals surface area contributed by atoms with Gasteiger partial charge in [-0.15, -0.1) is 0 Å². The summed E-state index contributed by atoms with van der Waals surface area (Å²) in [6.07, 6.45) is 2.09. The number of nitrogens with zero attached hydrogens (tertiary/aromatic N) is 1. The molecule has 2 nitrogen and oxygen atoms in total. The molecule has 0 saturated heterocycles. The zero-order valence-corrected chi connectivity index (χ0v) is 8.53. The molecule has 0 saturated carbocycles. The van der Waals surface area contributed by atoms with Gasteiger partial charge in [-0.25, -0.2) is 0 Å². The van der Waals surface area contributed by atoms with Crippen LogP contribution in [0.25, 0.3) is 10.9 Å². The van der Waals surface area contributed by atoms with Crippen molar-refractivity contribution in [2.24, 2.45) is 0 Å². The Morgan fingerprint density at radius 3 is 2.86 bits per heavy atom. The normalized spacial score (nSPS) is 10.4. The van der Waals surface area contributed by atoms with E-state index in [0.29, 0.717) is 0 Å². The fraction of sp³-hybridized carbons (Fsp3) is 0.250. The molecule has 0 aliphatic heterocycles. The number of ether oxygens (including phenoxy) is 1. The first-order valence-electron chi connectivity index (χ1n) is 4.81. The van der Waals surface area contributed by atoms with Crippen LogP contribution in [0.3, 0.4) is 0 Å². The van der Waals surface area contributed by atoms with E-state index in [0.717, 1.165) is 12.3 Å². The Kier molecular flexibility index (Phi) is 2.35. The fourth-order valence-electron chi connectivity index (χ4n) is 1.66. The third kappa shape index (κ3) is 1.43. The van der Waals surface area contributed by atoms with Crippen LogP contribution in [0.5, 0.6) is 5.75 Å². The summed E-state index contributed by atoms with van der Waals surface area (Å²) in [7, 11) is 1.69. The maximum Gasteiger partial charge on any atom is 0.212 e. The Morgan fingerprint density at radius 2 is 2.14 bits per heavy atom. The number of hydrogen-bond acceptors (Lipinski definition) is 1. The lowest BCUT2D eigenvalue weighted by molar-refractivity contribution is -0.667. The molecule has 0 radical (unpaired) electrons. The summed E-state index contributed by atoms with van der Waals surface area (Å²) in [4.78, 5) is 0. The highest BCUT2D eigenvalue weighted by atomic mass is 16.5. The minimum absolute atomic E-state index is 0.909. The lowest BCUT2D eigenvalue weighted by Crippen LogP contribution is -2.32. The van der Waals surface area contributed by atoms with Gasteiger partial charge in [0.15, 0.2) is 6.20 Å². The summed E-state index contributed by atoms with van der Waals surface area (Å²) in [5.41, 5.74) is 1.25. The number of aromatic nitrogens is 1. The average molecular weight is 188 g/mol. The summed E-state index contributed by atoms with van der Waals surface area (Å²) in [6.45, 7) is 3.13. The molecule has 2 heteroatoms. The molecular weight excluding hydrogens is 174 g/mol. The summed E-state index contributed by atoms with van der Waals surface area (Å²) >= 11 is 0. The zero-order chi connectivity index (χ0) is 9.97. The lowest BCUT2D eigenvalue weighted by Gasteiger charge is -2.01. The summed E-state index contributed by atoms with van der Waals surface area (Å²) in [6, 6.07) is 10.3. The average Bonchev–Trinajstić information content (AvgIpc) is 2.27. The molecule has 0 atom stereocenters. The van der Waals surface area contributed by atoms with Gasteiger partial charge in [0.05, 0.1) is 12.5 Å². The van der Waals surface area contributed by atoms with E-state index in [2.05, 4.69) is 42.0 Å². The highest BCUT2D eigenvalue weighted by molar-refractivity contribution is 5.77. The first-order chi connectivity index (χ1) is 6.85. The van der Waals surface area contributed by atoms with Crippen molar-refractivity contribution in [2.45, 2.75) is 13.5 Å². The summed E-state index contributed by atoms with van der Waals surface area (Å²) < 4.78 is 7.40. The molecule has 72 valence electrons. The molecule has 0 amide bonds. The van der Waals surface area contributed by atoms with Crippen molar-refractivity contribution in [2.75, 3.05) is 7.11 Å². The van der Waals surface area contributed by atoms with E-state index in [-0.39, 0.29) is 0 Å². The molecule has 1 heterocycles. The van der Waals surface area contributed by atoms with Crippen LogP contribution in [0.1, 0.15) is 6.92 Å². The van der Waals surface area contributed by atoms with Crippen molar-refractivity contribution in [3.63, 3.8) is 0 Å². The number of fused-ring (bicyclic) bond motifs is 1. The van der Waals surface area contributed by atoms with Crippen LogP contribution in [-0.4, -0.2) is 7.11 Å². The summed E-state index contributed by atoms with van der Waals surface area (Å²) in [5.74, 6) is 0.909. The van der Waals surface area contributed by atoms with Gasteiger partial charge < -0.3 is 4.74 Å². The van der Waals surface area contributed by atoms with E-state index in [1.165, 1.54) is 10.9 Å². The Bertz CT molecular complexity index is 451. The topological polar surface area (TPSA) is 13.1 Å². The quantitative estimate of drug-likeness (QED) is 0.658. The molecule has 0 bridgehead atoms. The van der Waals surface area contributed by atoms with Crippen molar-refractivity contribution in [3.8, 4) is 5.75 Å². The number of hydrogen-bond donors (Lipinski definition) is 0. The second-order valence-corrected chi connectivity index (χ2v) is 3.22. The Balaban J connectivity index is 2.67. The van der Waals surface area contributed by atoms with Crippen molar-refractivity contribution in [1.82, 2.24) is 0 Å². The van der Waals surface area contributed by atoms with Gasteiger partial charge in [0.2, 0.25) is 5.52 Å². The summed E-state index contributed by atoms with van der Waals surface area (Å²) in [5, 5.41) is 1.22. The van der Waals surface area contributed by atoms with Crippen LogP contribution in [0.15, 0.2) is 36.5 Å². The predicted molar refractivity (Wildman–Crippen MR) is 56.4 cm³/mol. The van der Waals surface area contributed by atoms with Crippen LogP contribution in [0.4, 0.5) is 0 Å². The number of pyridine rings is 1. The number of benzene rings is 1. The van der Waals surface area contributed by atoms with Gasteiger partial charge in [0.1, 0.15) is 12.3 Å². The van der Waals surface area contributed by atoms with Gasteiger partial charge in [-0.1, -0.05) is 0 Å². The highest BCUT2D eigenvalue weighted by Gasteiger charge is 2.05. The lowest BCUT2D eigenvalue weighted by atomic mass is 10.2. The Morgan fingerprint density at radius 1 is 1.29 bits per heavy atom. The van der Waals surface area contributed by atoms with E-state index >= 15 is 0 Å². The monoisotopic (exact) mass is 188 g/mol. The molecule has 14 heavy (non-hydrogen) atoms. The Hall–Kier alpha value is -1.57. The van der Waals surface area contributed by atoms with Crippen LogP contribution in [0, 0.1) is 0 Å². The molecule has 0 fully saturated rings. The van der Waals surface area contributed by atoms with Gasteiger partial charge in [-0.3, -0.25) is 0 Å². The van der Waals surface area contributed by atoms with E-state index in [1.54, 1.807) is 7.11 Å². The van der Waals surface area contributed by atoms with E-state index in [9.17, 15) is 0 Å². The van der Waals surface area contributed by atoms with Gasteiger partial charge in [0.25, 0.3) is 0 Å². The van der Waals surface area contributed by atoms with E-state index < -0.39 is 0 Å². The van der Waals surface area contributed by atoms with Gasteiger partial charge >= 0.3 is 0 Å². The van der Waals surface area contributed by atoms with Crippen LogP contribution in [0.2, 0.25) is 0 Å². The minimum atomic E-state index is 0.909. The maximum absolute atomic E-state index is 5.19. The maximum atomic E-state index is 5.19. The first-order valence-corrected chi connectivity index (χ1v) is 4.81. The number of methoxy groups -OCH3 is 1. The molecule has 2 rings (SSSR count). The number of rotatable bonds is 2. The van der Waals surface area contributed by atoms with Crippen molar-refractivity contribution in [3.05, 3.63) is 36.5 Å².